The fourth-order valence-corrected chi connectivity index (χ4v) is 0.651. The molecule has 2 heteroatoms. The second kappa shape index (κ2) is 4.34. The molecule has 1 aliphatic heterocycles. The zero-order chi connectivity index (χ0) is 8.15. The largest absolute Gasteiger partial charge is 0.413 e. The Balaban J connectivity index is 0.000000371. The monoisotopic (exact) mass is 143 g/mol. The van der Waals surface area contributed by atoms with E-state index < -0.39 is 0 Å². The van der Waals surface area contributed by atoms with E-state index in [0.717, 1.165) is 5.76 Å². The summed E-state index contributed by atoms with van der Waals surface area (Å²) in [6.07, 6.45) is 0. The van der Waals surface area contributed by atoms with Gasteiger partial charge in [0, 0.05) is 0 Å². The van der Waals surface area contributed by atoms with Crippen molar-refractivity contribution in [3.05, 3.63) is 11.3 Å². The molecule has 1 unspecified atom stereocenters. The molecule has 0 saturated heterocycles. The summed E-state index contributed by atoms with van der Waals surface area (Å²) in [4.78, 5) is 5.01. The molecule has 1 heterocycles. The van der Waals surface area contributed by atoms with Gasteiger partial charge >= 0.3 is 0 Å². The van der Waals surface area contributed by atoms with E-state index in [4.69, 9.17) is 4.84 Å². The molecule has 2 nitrogen and oxygen atoms in total. The van der Waals surface area contributed by atoms with Crippen LogP contribution in [-0.2, 0) is 4.84 Å². The Morgan fingerprint density at radius 1 is 1.30 bits per heavy atom. The first kappa shape index (κ1) is 9.50. The van der Waals surface area contributed by atoms with Gasteiger partial charge in [0.15, 0.2) is 0 Å². The van der Waals surface area contributed by atoms with Gasteiger partial charge in [-0.25, -0.2) is 0 Å². The van der Waals surface area contributed by atoms with E-state index in [1.54, 1.807) is 0 Å². The number of hydroxylamine groups is 1. The lowest BCUT2D eigenvalue weighted by Gasteiger charge is -1.98. The first-order valence-corrected chi connectivity index (χ1v) is 3.81. The normalized spacial score (nSPS) is 23.5. The minimum absolute atomic E-state index is 0.398. The summed E-state index contributed by atoms with van der Waals surface area (Å²) in [7, 11) is 0. The molecular weight excluding hydrogens is 126 g/mol. The fourth-order valence-electron chi connectivity index (χ4n) is 0.651. The van der Waals surface area contributed by atoms with Crippen LogP contribution in [0.25, 0.3) is 0 Å². The molecule has 0 amide bonds. The third kappa shape index (κ3) is 2.03. The summed E-state index contributed by atoms with van der Waals surface area (Å²) in [6.45, 7) is 10.1. The number of hydrogen-bond donors (Lipinski definition) is 1. The van der Waals surface area contributed by atoms with Gasteiger partial charge in [-0.3, -0.25) is 0 Å². The Labute approximate surface area is 63.2 Å². The van der Waals surface area contributed by atoms with Gasteiger partial charge in [0.1, 0.15) is 5.76 Å². The van der Waals surface area contributed by atoms with E-state index >= 15 is 0 Å². The van der Waals surface area contributed by atoms with Crippen LogP contribution in [0.4, 0.5) is 0 Å². The van der Waals surface area contributed by atoms with E-state index in [9.17, 15) is 0 Å². The van der Waals surface area contributed by atoms with E-state index in [-0.39, 0.29) is 0 Å². The van der Waals surface area contributed by atoms with Crippen molar-refractivity contribution in [2.75, 3.05) is 0 Å². The van der Waals surface area contributed by atoms with Crippen LogP contribution in [0.15, 0.2) is 11.3 Å². The summed E-state index contributed by atoms with van der Waals surface area (Å²) in [6, 6.07) is 0.398. The lowest BCUT2D eigenvalue weighted by molar-refractivity contribution is 0.121. The average Bonchev–Trinajstić information content (AvgIpc) is 2.25. The van der Waals surface area contributed by atoms with Crippen LogP contribution >= 0.6 is 0 Å². The molecule has 0 bridgehead atoms. The van der Waals surface area contributed by atoms with Crippen molar-refractivity contribution >= 4 is 0 Å². The molecule has 0 aromatic rings. The highest BCUT2D eigenvalue weighted by atomic mass is 16.7. The van der Waals surface area contributed by atoms with Gasteiger partial charge < -0.3 is 4.84 Å². The van der Waals surface area contributed by atoms with Crippen molar-refractivity contribution in [3.8, 4) is 0 Å². The van der Waals surface area contributed by atoms with Crippen molar-refractivity contribution in [1.82, 2.24) is 5.48 Å². The molecule has 0 aliphatic carbocycles. The lowest BCUT2D eigenvalue weighted by atomic mass is 10.1. The van der Waals surface area contributed by atoms with Crippen LogP contribution in [0.2, 0.25) is 0 Å². The number of nitrogens with one attached hydrogen (secondary N) is 1. The SMILES string of the molecule is CC.CC1=C(C)C(C)NO1. The minimum Gasteiger partial charge on any atom is -0.413 e. The van der Waals surface area contributed by atoms with Crippen LogP contribution in [0.5, 0.6) is 0 Å². The van der Waals surface area contributed by atoms with Crippen LogP contribution in [0, 0.1) is 0 Å². The molecule has 0 spiro atoms. The molecule has 1 rings (SSSR count). The van der Waals surface area contributed by atoms with E-state index in [0.29, 0.717) is 6.04 Å². The molecule has 10 heavy (non-hydrogen) atoms. The van der Waals surface area contributed by atoms with Crippen molar-refractivity contribution in [1.29, 1.82) is 0 Å². The van der Waals surface area contributed by atoms with Crippen LogP contribution < -0.4 is 5.48 Å². The predicted octanol–water partition coefficient (Wildman–Crippen LogP) is 2.23. The highest BCUT2D eigenvalue weighted by molar-refractivity contribution is 5.12. The summed E-state index contributed by atoms with van der Waals surface area (Å²) < 4.78 is 0. The average molecular weight is 143 g/mol. The van der Waals surface area contributed by atoms with Gasteiger partial charge in [0.2, 0.25) is 0 Å². The third-order valence-electron chi connectivity index (χ3n) is 1.59. The van der Waals surface area contributed by atoms with Gasteiger partial charge in [-0.15, -0.1) is 0 Å². The molecule has 0 saturated carbocycles. The second-order valence-electron chi connectivity index (χ2n) is 2.18. The maximum atomic E-state index is 5.01. The van der Waals surface area contributed by atoms with Crippen LogP contribution in [0.3, 0.4) is 0 Å². The zero-order valence-corrected chi connectivity index (χ0v) is 7.49. The van der Waals surface area contributed by atoms with Gasteiger partial charge in [-0.1, -0.05) is 13.8 Å². The summed E-state index contributed by atoms with van der Waals surface area (Å²) >= 11 is 0. The smallest absolute Gasteiger partial charge is 0.121 e. The number of hydrogen-bond acceptors (Lipinski definition) is 2. The molecule has 1 aliphatic rings. The molecule has 1 atom stereocenters. The fraction of sp³-hybridized carbons (Fsp3) is 0.750. The highest BCUT2D eigenvalue weighted by Gasteiger charge is 2.14. The highest BCUT2D eigenvalue weighted by Crippen LogP contribution is 2.14. The van der Waals surface area contributed by atoms with E-state index in [2.05, 4.69) is 19.3 Å². The van der Waals surface area contributed by atoms with E-state index in [1.165, 1.54) is 5.57 Å². The maximum absolute atomic E-state index is 5.01. The lowest BCUT2D eigenvalue weighted by Crippen LogP contribution is -2.18. The predicted molar refractivity (Wildman–Crippen MR) is 43.4 cm³/mol. The second-order valence-corrected chi connectivity index (χ2v) is 2.18. The first-order chi connectivity index (χ1) is 4.72. The van der Waals surface area contributed by atoms with Gasteiger partial charge in [0.25, 0.3) is 0 Å². The summed E-state index contributed by atoms with van der Waals surface area (Å²) in [5, 5.41) is 0. The van der Waals surface area contributed by atoms with E-state index in [1.807, 2.05) is 20.8 Å². The number of rotatable bonds is 0. The van der Waals surface area contributed by atoms with Gasteiger partial charge in [-0.2, -0.15) is 5.48 Å². The third-order valence-corrected chi connectivity index (χ3v) is 1.59. The Morgan fingerprint density at radius 3 is 1.90 bits per heavy atom. The zero-order valence-electron chi connectivity index (χ0n) is 7.49. The molecule has 0 radical (unpaired) electrons. The molecule has 1 N–H and O–H groups in total. The Hall–Kier alpha value is -0.500. The first-order valence-electron chi connectivity index (χ1n) is 3.81. The Bertz CT molecular complexity index is 129. The standard InChI is InChI=1S/C6H11NO.C2H6/c1-4-5(2)7-8-6(4)3;1-2/h5,7H,1-3H3;1-2H3. The van der Waals surface area contributed by atoms with Crippen LogP contribution in [-0.4, -0.2) is 6.04 Å². The van der Waals surface area contributed by atoms with Crippen LogP contribution in [0.1, 0.15) is 34.6 Å². The van der Waals surface area contributed by atoms with Gasteiger partial charge in [-0.05, 0) is 26.3 Å². The van der Waals surface area contributed by atoms with Crippen molar-refractivity contribution in [3.63, 3.8) is 0 Å². The topological polar surface area (TPSA) is 21.3 Å². The quantitative estimate of drug-likeness (QED) is 0.561. The molecule has 60 valence electrons. The number of allylic oxidation sites excluding steroid dienone is 1. The Kier molecular flexibility index (Phi) is 4.12. The molecular formula is C8H17NO. The summed E-state index contributed by atoms with van der Waals surface area (Å²) in [5.74, 6) is 1.01. The molecule has 0 aromatic carbocycles. The summed E-state index contributed by atoms with van der Waals surface area (Å²) in [5.41, 5.74) is 4.14. The van der Waals surface area contributed by atoms with Gasteiger partial charge in [0.05, 0.1) is 6.04 Å². The minimum atomic E-state index is 0.398. The maximum Gasteiger partial charge on any atom is 0.121 e. The van der Waals surface area contributed by atoms with Crippen molar-refractivity contribution in [2.45, 2.75) is 40.7 Å². The molecule has 0 fully saturated rings. The molecule has 0 aromatic heterocycles. The Morgan fingerprint density at radius 2 is 1.80 bits per heavy atom. The van der Waals surface area contributed by atoms with Crippen molar-refractivity contribution in [2.24, 2.45) is 0 Å². The van der Waals surface area contributed by atoms with Crippen molar-refractivity contribution < 1.29 is 4.84 Å².